The number of carbonyl (C=O) groups excluding carboxylic acids is 1. The molecule has 11 heteroatoms. The SMILES string of the molecule is COc1cc2c(Oc3ccc(N(C(C)=O)C(N)=S)cc3F)ccnc2cc1OCCN1CCN(C)CC1. The van der Waals surface area contributed by atoms with Gasteiger partial charge in [-0.2, -0.15) is 0 Å². The van der Waals surface area contributed by atoms with Crippen molar-refractivity contribution in [1.29, 1.82) is 0 Å². The van der Waals surface area contributed by atoms with Gasteiger partial charge in [-0.15, -0.1) is 0 Å². The van der Waals surface area contributed by atoms with Crippen molar-refractivity contribution < 1.29 is 23.4 Å². The second-order valence-electron chi connectivity index (χ2n) is 8.73. The van der Waals surface area contributed by atoms with Crippen LogP contribution in [0.1, 0.15) is 6.92 Å². The summed E-state index contributed by atoms with van der Waals surface area (Å²) in [7, 11) is 3.69. The van der Waals surface area contributed by atoms with Crippen LogP contribution < -0.4 is 24.8 Å². The average molecular weight is 528 g/mol. The van der Waals surface area contributed by atoms with E-state index in [2.05, 4.69) is 21.8 Å². The summed E-state index contributed by atoms with van der Waals surface area (Å²) >= 11 is 4.90. The van der Waals surface area contributed by atoms with E-state index in [0.29, 0.717) is 34.8 Å². The summed E-state index contributed by atoms with van der Waals surface area (Å²) < 4.78 is 32.4. The maximum Gasteiger partial charge on any atom is 0.230 e. The molecule has 196 valence electrons. The standard InChI is InChI=1S/C26H30FN5O4S/c1-17(33)32(26(28)37)18-4-5-23(20(27)14-18)36-22-6-7-29-21-16-25(24(34-3)15-19(21)22)35-13-12-31-10-8-30(2)9-11-31/h4-7,14-16H,8-13H2,1-3H3,(H2,28,37). The zero-order valence-electron chi connectivity index (χ0n) is 21.1. The van der Waals surface area contributed by atoms with Gasteiger partial charge in [0.25, 0.3) is 0 Å². The lowest BCUT2D eigenvalue weighted by Gasteiger charge is -2.32. The summed E-state index contributed by atoms with van der Waals surface area (Å²) in [4.78, 5) is 22.0. The molecule has 4 rings (SSSR count). The van der Waals surface area contributed by atoms with E-state index in [4.69, 9.17) is 32.2 Å². The lowest BCUT2D eigenvalue weighted by molar-refractivity contribution is -0.115. The van der Waals surface area contributed by atoms with E-state index in [0.717, 1.165) is 43.7 Å². The van der Waals surface area contributed by atoms with Gasteiger partial charge in [-0.05, 0) is 43.5 Å². The molecule has 2 aromatic carbocycles. The second-order valence-corrected chi connectivity index (χ2v) is 9.15. The molecule has 2 heterocycles. The number of piperazine rings is 1. The highest BCUT2D eigenvalue weighted by Crippen LogP contribution is 2.38. The molecule has 1 aliphatic heterocycles. The Bertz CT molecular complexity index is 1290. The molecule has 0 unspecified atom stereocenters. The molecule has 1 saturated heterocycles. The first-order valence-electron chi connectivity index (χ1n) is 11.8. The van der Waals surface area contributed by atoms with Gasteiger partial charge in [-0.25, -0.2) is 4.39 Å². The van der Waals surface area contributed by atoms with Gasteiger partial charge in [-0.1, -0.05) is 0 Å². The minimum Gasteiger partial charge on any atom is -0.493 e. The number of anilines is 1. The van der Waals surface area contributed by atoms with Gasteiger partial charge in [-0.3, -0.25) is 19.6 Å². The fourth-order valence-electron chi connectivity index (χ4n) is 4.14. The van der Waals surface area contributed by atoms with E-state index >= 15 is 0 Å². The Kier molecular flexibility index (Phi) is 8.37. The molecule has 3 aromatic rings. The van der Waals surface area contributed by atoms with Crippen molar-refractivity contribution in [3.05, 3.63) is 48.4 Å². The number of hydrogen-bond acceptors (Lipinski definition) is 8. The van der Waals surface area contributed by atoms with Crippen LogP contribution in [0.2, 0.25) is 0 Å². The van der Waals surface area contributed by atoms with Crippen molar-refractivity contribution in [2.75, 3.05) is 58.4 Å². The Labute approximate surface area is 220 Å². The number of amides is 1. The predicted molar refractivity (Wildman–Crippen MR) is 144 cm³/mol. The van der Waals surface area contributed by atoms with Crippen molar-refractivity contribution in [2.45, 2.75) is 6.92 Å². The highest BCUT2D eigenvalue weighted by atomic mass is 32.1. The molecule has 0 radical (unpaired) electrons. The number of halogens is 1. The fraction of sp³-hybridized carbons (Fsp3) is 0.346. The Morgan fingerprint density at radius 2 is 1.86 bits per heavy atom. The maximum atomic E-state index is 14.9. The molecule has 1 aliphatic rings. The first-order chi connectivity index (χ1) is 17.8. The number of carbonyl (C=O) groups is 1. The van der Waals surface area contributed by atoms with Crippen LogP contribution in [0.3, 0.4) is 0 Å². The number of likely N-dealkylation sites (N-methyl/N-ethyl adjacent to an activating group) is 1. The van der Waals surface area contributed by atoms with Crippen LogP contribution >= 0.6 is 12.2 Å². The Morgan fingerprint density at radius 1 is 1.11 bits per heavy atom. The molecule has 37 heavy (non-hydrogen) atoms. The topological polar surface area (TPSA) is 93.4 Å². The molecule has 1 aromatic heterocycles. The van der Waals surface area contributed by atoms with Crippen molar-refractivity contribution in [1.82, 2.24) is 14.8 Å². The minimum absolute atomic E-state index is 0.0332. The van der Waals surface area contributed by atoms with Crippen LogP contribution in [0.5, 0.6) is 23.0 Å². The highest BCUT2D eigenvalue weighted by Gasteiger charge is 2.19. The summed E-state index contributed by atoms with van der Waals surface area (Å²) in [6.07, 6.45) is 1.58. The maximum absolute atomic E-state index is 14.9. The van der Waals surface area contributed by atoms with Gasteiger partial charge in [0.2, 0.25) is 5.91 Å². The molecule has 1 amide bonds. The van der Waals surface area contributed by atoms with Crippen molar-refractivity contribution in [2.24, 2.45) is 5.73 Å². The van der Waals surface area contributed by atoms with Gasteiger partial charge in [0, 0.05) is 63.4 Å². The van der Waals surface area contributed by atoms with Gasteiger partial charge in [0.15, 0.2) is 28.2 Å². The van der Waals surface area contributed by atoms with Crippen LogP contribution in [0, 0.1) is 5.82 Å². The van der Waals surface area contributed by atoms with Gasteiger partial charge >= 0.3 is 0 Å². The Morgan fingerprint density at radius 3 is 2.51 bits per heavy atom. The second kappa shape index (κ2) is 11.7. The van der Waals surface area contributed by atoms with E-state index < -0.39 is 11.7 Å². The molecular weight excluding hydrogens is 497 g/mol. The van der Waals surface area contributed by atoms with E-state index in [1.54, 1.807) is 31.5 Å². The van der Waals surface area contributed by atoms with Gasteiger partial charge < -0.3 is 24.8 Å². The number of nitrogens with zero attached hydrogens (tertiary/aromatic N) is 4. The fourth-order valence-corrected chi connectivity index (χ4v) is 4.37. The van der Waals surface area contributed by atoms with Crippen LogP contribution in [-0.4, -0.2) is 79.3 Å². The number of aromatic nitrogens is 1. The molecule has 2 N–H and O–H groups in total. The highest BCUT2D eigenvalue weighted by molar-refractivity contribution is 7.80. The number of thiocarbonyl (C=S) groups is 1. The van der Waals surface area contributed by atoms with E-state index in [1.807, 2.05) is 0 Å². The lowest BCUT2D eigenvalue weighted by Crippen LogP contribution is -2.45. The summed E-state index contributed by atoms with van der Waals surface area (Å²) in [5.74, 6) is 0.348. The number of nitrogens with two attached hydrogens (primary N) is 1. The summed E-state index contributed by atoms with van der Waals surface area (Å²) in [5.41, 5.74) is 6.43. The number of benzene rings is 2. The monoisotopic (exact) mass is 527 g/mol. The molecule has 1 fully saturated rings. The smallest absolute Gasteiger partial charge is 0.230 e. The van der Waals surface area contributed by atoms with E-state index in [9.17, 15) is 9.18 Å². The van der Waals surface area contributed by atoms with Crippen LogP contribution in [0.15, 0.2) is 42.6 Å². The molecule has 0 spiro atoms. The molecular formula is C26H30FN5O4S. The quantitative estimate of drug-likeness (QED) is 0.443. The van der Waals surface area contributed by atoms with Gasteiger partial charge in [0.1, 0.15) is 12.4 Å². The first kappa shape index (κ1) is 26.5. The van der Waals surface area contributed by atoms with Crippen LogP contribution in [0.25, 0.3) is 10.9 Å². The van der Waals surface area contributed by atoms with E-state index in [-0.39, 0.29) is 16.5 Å². The number of methoxy groups -OCH3 is 1. The van der Waals surface area contributed by atoms with Crippen molar-refractivity contribution in [3.8, 4) is 23.0 Å². The summed E-state index contributed by atoms with van der Waals surface area (Å²) in [6.45, 7) is 6.75. The summed E-state index contributed by atoms with van der Waals surface area (Å²) in [6, 6.07) is 9.26. The number of fused-ring (bicyclic) bond motifs is 1. The third-order valence-electron chi connectivity index (χ3n) is 6.18. The molecule has 0 aliphatic carbocycles. The van der Waals surface area contributed by atoms with Crippen LogP contribution in [0.4, 0.5) is 10.1 Å². The van der Waals surface area contributed by atoms with Crippen LogP contribution in [-0.2, 0) is 4.79 Å². The number of ether oxygens (including phenoxy) is 3. The normalized spacial score (nSPS) is 14.4. The third-order valence-corrected chi connectivity index (χ3v) is 6.36. The Balaban J connectivity index is 1.53. The van der Waals surface area contributed by atoms with Crippen molar-refractivity contribution in [3.63, 3.8) is 0 Å². The third kappa shape index (κ3) is 6.24. The number of rotatable bonds is 8. The molecule has 9 nitrogen and oxygen atoms in total. The first-order valence-corrected chi connectivity index (χ1v) is 12.3. The lowest BCUT2D eigenvalue weighted by atomic mass is 10.1. The zero-order chi connectivity index (χ0) is 26.5. The van der Waals surface area contributed by atoms with Gasteiger partial charge in [0.05, 0.1) is 18.3 Å². The number of pyridine rings is 1. The predicted octanol–water partition coefficient (Wildman–Crippen LogP) is 3.40. The van der Waals surface area contributed by atoms with E-state index in [1.165, 1.54) is 19.1 Å². The largest absolute Gasteiger partial charge is 0.493 e. The molecule has 0 atom stereocenters. The minimum atomic E-state index is -0.680. The summed E-state index contributed by atoms with van der Waals surface area (Å²) in [5, 5.41) is 0.456. The molecule has 0 bridgehead atoms. The zero-order valence-corrected chi connectivity index (χ0v) is 21.9. The average Bonchev–Trinajstić information content (AvgIpc) is 2.86. The van der Waals surface area contributed by atoms with Crippen molar-refractivity contribution >= 4 is 39.8 Å². The molecule has 0 saturated carbocycles. The Hall–Kier alpha value is -3.54. The number of hydrogen-bond donors (Lipinski definition) is 1.